The van der Waals surface area contributed by atoms with E-state index in [1.165, 1.54) is 28.7 Å². The second-order valence-corrected chi connectivity index (χ2v) is 11.6. The highest BCUT2D eigenvalue weighted by Crippen LogP contribution is 2.36. The van der Waals surface area contributed by atoms with Crippen molar-refractivity contribution >= 4 is 51.7 Å². The number of amides is 2. The van der Waals surface area contributed by atoms with Crippen LogP contribution in [-0.2, 0) is 17.6 Å². The number of nitrogens with zero attached hydrogens (tertiary/aromatic N) is 3. The number of benzene rings is 2. The summed E-state index contributed by atoms with van der Waals surface area (Å²) in [6, 6.07) is 16.2. The maximum Gasteiger partial charge on any atom is 0.252 e. The van der Waals surface area contributed by atoms with Gasteiger partial charge in [0.05, 0.1) is 16.6 Å². The SMILES string of the molecule is Cc1ccc(SCc2nnc(SC(C)C(=O)Nc3scc(-c4ccc(C)cc4)c3C(N)=O)n2C)cc1. The van der Waals surface area contributed by atoms with Crippen LogP contribution in [0.15, 0.2) is 64.0 Å². The van der Waals surface area contributed by atoms with Gasteiger partial charge in [-0.15, -0.1) is 33.3 Å². The summed E-state index contributed by atoms with van der Waals surface area (Å²) in [5.41, 5.74) is 9.95. The smallest absolute Gasteiger partial charge is 0.252 e. The van der Waals surface area contributed by atoms with Gasteiger partial charge in [0, 0.05) is 22.9 Å². The van der Waals surface area contributed by atoms with E-state index in [4.69, 9.17) is 5.73 Å². The zero-order chi connectivity index (χ0) is 25.8. The normalized spacial score (nSPS) is 11.9. The molecular formula is C26H27N5O2S3. The van der Waals surface area contributed by atoms with Gasteiger partial charge in [0.25, 0.3) is 5.91 Å². The molecule has 2 aromatic heterocycles. The van der Waals surface area contributed by atoms with E-state index in [9.17, 15) is 9.59 Å². The number of aryl methyl sites for hydroxylation is 2. The van der Waals surface area contributed by atoms with Gasteiger partial charge in [-0.3, -0.25) is 9.59 Å². The number of carbonyl (C=O) groups excluding carboxylic acids is 2. The molecule has 4 rings (SSSR count). The molecule has 0 spiro atoms. The van der Waals surface area contributed by atoms with E-state index < -0.39 is 11.2 Å². The van der Waals surface area contributed by atoms with Gasteiger partial charge in [0.1, 0.15) is 10.8 Å². The number of nitrogens with one attached hydrogen (secondary N) is 1. The Kier molecular flexibility index (Phi) is 8.17. The number of rotatable bonds is 9. The molecule has 0 aliphatic heterocycles. The van der Waals surface area contributed by atoms with Crippen molar-refractivity contribution in [1.29, 1.82) is 0 Å². The lowest BCUT2D eigenvalue weighted by Gasteiger charge is -2.12. The van der Waals surface area contributed by atoms with E-state index >= 15 is 0 Å². The predicted octanol–water partition coefficient (Wildman–Crippen LogP) is 5.67. The summed E-state index contributed by atoms with van der Waals surface area (Å²) in [5, 5.41) is 14.0. The second-order valence-electron chi connectivity index (χ2n) is 8.39. The highest BCUT2D eigenvalue weighted by atomic mass is 32.2. The summed E-state index contributed by atoms with van der Waals surface area (Å²) < 4.78 is 1.91. The third kappa shape index (κ3) is 6.00. The van der Waals surface area contributed by atoms with E-state index in [0.29, 0.717) is 27.0 Å². The largest absolute Gasteiger partial charge is 0.365 e. The monoisotopic (exact) mass is 537 g/mol. The molecule has 0 saturated heterocycles. The first kappa shape index (κ1) is 26.0. The average Bonchev–Trinajstić information content (AvgIpc) is 3.42. The maximum atomic E-state index is 13.0. The fourth-order valence-corrected chi connectivity index (χ4v) is 6.11. The van der Waals surface area contributed by atoms with Crippen molar-refractivity contribution in [2.45, 2.75) is 41.8 Å². The van der Waals surface area contributed by atoms with E-state index in [1.807, 2.05) is 48.2 Å². The van der Waals surface area contributed by atoms with Crippen LogP contribution in [0.2, 0.25) is 0 Å². The van der Waals surface area contributed by atoms with E-state index in [0.717, 1.165) is 21.8 Å². The first-order chi connectivity index (χ1) is 17.2. The molecule has 2 amide bonds. The van der Waals surface area contributed by atoms with Gasteiger partial charge in [-0.2, -0.15) is 0 Å². The summed E-state index contributed by atoms with van der Waals surface area (Å²) in [6.45, 7) is 5.86. The van der Waals surface area contributed by atoms with Crippen molar-refractivity contribution in [3.63, 3.8) is 0 Å². The molecule has 1 unspecified atom stereocenters. The standard InChI is InChI=1S/C26H27N5O2S3/c1-15-5-9-18(10-6-15)20-13-35-25(22(20)23(27)32)28-24(33)17(3)36-26-30-29-21(31(26)4)14-34-19-11-7-16(2)8-12-19/h5-13,17H,14H2,1-4H3,(H2,27,32)(H,28,33). The molecule has 3 N–H and O–H groups in total. The molecule has 4 aromatic rings. The number of hydrogen-bond donors (Lipinski definition) is 2. The van der Waals surface area contributed by atoms with Crippen molar-refractivity contribution in [3.05, 3.63) is 76.4 Å². The van der Waals surface area contributed by atoms with Crippen LogP contribution in [-0.4, -0.2) is 31.8 Å². The number of thiophene rings is 1. The first-order valence-corrected chi connectivity index (χ1v) is 14.0. The number of carbonyl (C=O) groups is 2. The highest BCUT2D eigenvalue weighted by Gasteiger charge is 2.24. The lowest BCUT2D eigenvalue weighted by molar-refractivity contribution is -0.115. The average molecular weight is 538 g/mol. The Morgan fingerprint density at radius 1 is 1.06 bits per heavy atom. The van der Waals surface area contributed by atoms with E-state index in [2.05, 4.69) is 46.7 Å². The molecule has 2 aromatic carbocycles. The minimum absolute atomic E-state index is 0.238. The van der Waals surface area contributed by atoms with Gasteiger partial charge in [0.2, 0.25) is 5.91 Å². The molecule has 0 saturated carbocycles. The minimum atomic E-state index is -0.577. The number of aromatic nitrogens is 3. The third-order valence-corrected chi connectivity index (χ3v) is 8.64. The molecule has 36 heavy (non-hydrogen) atoms. The Bertz CT molecular complexity index is 1380. The molecule has 1 atom stereocenters. The van der Waals surface area contributed by atoms with Crippen molar-refractivity contribution < 1.29 is 9.59 Å². The number of thioether (sulfide) groups is 2. The fourth-order valence-electron chi connectivity index (χ4n) is 3.42. The van der Waals surface area contributed by atoms with Gasteiger partial charge in [-0.25, -0.2) is 0 Å². The second kappa shape index (κ2) is 11.3. The zero-order valence-electron chi connectivity index (χ0n) is 20.4. The molecule has 0 aliphatic carbocycles. The zero-order valence-corrected chi connectivity index (χ0v) is 22.9. The lowest BCUT2D eigenvalue weighted by atomic mass is 10.0. The van der Waals surface area contributed by atoms with Crippen LogP contribution >= 0.6 is 34.9 Å². The van der Waals surface area contributed by atoms with Crippen molar-refractivity contribution in [2.75, 3.05) is 5.32 Å². The predicted molar refractivity (Wildman–Crippen MR) is 149 cm³/mol. The summed E-state index contributed by atoms with van der Waals surface area (Å²) in [4.78, 5) is 26.4. The van der Waals surface area contributed by atoms with Crippen LogP contribution in [0.4, 0.5) is 5.00 Å². The van der Waals surface area contributed by atoms with Gasteiger partial charge in [-0.05, 0) is 38.5 Å². The quantitative estimate of drug-likeness (QED) is 0.267. The summed E-state index contributed by atoms with van der Waals surface area (Å²) >= 11 is 4.30. The van der Waals surface area contributed by atoms with Crippen molar-refractivity contribution in [3.8, 4) is 11.1 Å². The van der Waals surface area contributed by atoms with Crippen molar-refractivity contribution in [2.24, 2.45) is 12.8 Å². The van der Waals surface area contributed by atoms with E-state index in [1.54, 1.807) is 18.7 Å². The Labute approximate surface area is 222 Å². The Morgan fingerprint density at radius 2 is 1.69 bits per heavy atom. The van der Waals surface area contributed by atoms with Crippen LogP contribution in [0, 0.1) is 13.8 Å². The topological polar surface area (TPSA) is 103 Å². The van der Waals surface area contributed by atoms with Gasteiger partial charge < -0.3 is 15.6 Å². The fraction of sp³-hybridized carbons (Fsp3) is 0.231. The highest BCUT2D eigenvalue weighted by molar-refractivity contribution is 8.00. The summed E-state index contributed by atoms with van der Waals surface area (Å²) in [6.07, 6.45) is 0. The van der Waals surface area contributed by atoms with Gasteiger partial charge in [-0.1, -0.05) is 59.3 Å². The van der Waals surface area contributed by atoms with Crippen LogP contribution in [0.5, 0.6) is 0 Å². The third-order valence-electron chi connectivity index (χ3n) is 5.60. The maximum absolute atomic E-state index is 13.0. The number of primary amides is 1. The van der Waals surface area contributed by atoms with Crippen LogP contribution in [0.1, 0.15) is 34.2 Å². The molecular weight excluding hydrogens is 511 g/mol. The molecule has 2 heterocycles. The minimum Gasteiger partial charge on any atom is -0.365 e. The summed E-state index contributed by atoms with van der Waals surface area (Å²) in [7, 11) is 1.90. The van der Waals surface area contributed by atoms with E-state index in [-0.39, 0.29) is 5.91 Å². The van der Waals surface area contributed by atoms with Gasteiger partial charge in [0.15, 0.2) is 5.16 Å². The molecule has 7 nitrogen and oxygen atoms in total. The molecule has 0 aliphatic rings. The number of nitrogens with two attached hydrogens (primary N) is 1. The molecule has 0 fully saturated rings. The van der Waals surface area contributed by atoms with Crippen molar-refractivity contribution in [1.82, 2.24) is 14.8 Å². The summed E-state index contributed by atoms with van der Waals surface area (Å²) in [5.74, 6) is 0.685. The first-order valence-electron chi connectivity index (χ1n) is 11.3. The Morgan fingerprint density at radius 3 is 2.33 bits per heavy atom. The molecule has 10 heteroatoms. The van der Waals surface area contributed by atoms with Crippen LogP contribution in [0.25, 0.3) is 11.1 Å². The van der Waals surface area contributed by atoms with Crippen LogP contribution in [0.3, 0.4) is 0 Å². The molecule has 0 radical (unpaired) electrons. The van der Waals surface area contributed by atoms with Gasteiger partial charge >= 0.3 is 0 Å². The molecule has 0 bridgehead atoms. The van der Waals surface area contributed by atoms with Crippen LogP contribution < -0.4 is 11.1 Å². The number of anilines is 1. The number of hydrogen-bond acceptors (Lipinski definition) is 7. The Hall–Kier alpha value is -3.08. The Balaban J connectivity index is 1.42. The molecule has 186 valence electrons. The lowest BCUT2D eigenvalue weighted by Crippen LogP contribution is -2.24.